The normalized spacial score (nSPS) is 11.7. The van der Waals surface area contributed by atoms with Crippen molar-refractivity contribution in [2.45, 2.75) is 37.4 Å². The molecule has 0 heterocycles. The van der Waals surface area contributed by atoms with E-state index in [1.54, 1.807) is 5.19 Å². The average Bonchev–Trinajstić information content (AvgIpc) is 2.48. The van der Waals surface area contributed by atoms with Crippen LogP contribution < -0.4 is 5.19 Å². The van der Waals surface area contributed by atoms with Gasteiger partial charge in [-0.3, -0.25) is 0 Å². The highest BCUT2D eigenvalue weighted by Crippen LogP contribution is 2.27. The Morgan fingerprint density at radius 1 is 0.684 bits per heavy atom. The fourth-order valence-electron chi connectivity index (χ4n) is 2.82. The van der Waals surface area contributed by atoms with Crippen molar-refractivity contribution in [2.24, 2.45) is 0 Å². The third-order valence-corrected chi connectivity index (χ3v) is 10.9. The molecule has 0 amide bonds. The zero-order valence-electron chi connectivity index (χ0n) is 11.4. The summed E-state index contributed by atoms with van der Waals surface area (Å²) in [5.41, 5.74) is 0. The van der Waals surface area contributed by atoms with Crippen LogP contribution in [0.15, 0.2) is 30.3 Å². The molecule has 4 heteroatoms. The Morgan fingerprint density at radius 3 is 1.47 bits per heavy atom. The van der Waals surface area contributed by atoms with Gasteiger partial charge < -0.3 is 0 Å². The van der Waals surface area contributed by atoms with Crippen LogP contribution in [0.4, 0.5) is 0 Å². The van der Waals surface area contributed by atoms with Crippen LogP contribution in [0, 0.1) is 0 Å². The lowest BCUT2D eigenvalue weighted by Crippen LogP contribution is -2.47. The van der Waals surface area contributed by atoms with E-state index in [2.05, 4.69) is 78.1 Å². The zero-order valence-corrected chi connectivity index (χ0v) is 17.1. The minimum atomic E-state index is -1.32. The van der Waals surface area contributed by atoms with Crippen LogP contribution in [-0.2, 0) is 0 Å². The van der Waals surface area contributed by atoms with Gasteiger partial charge in [-0.1, -0.05) is 101 Å². The van der Waals surface area contributed by atoms with Gasteiger partial charge in [0.2, 0.25) is 0 Å². The highest BCUT2D eigenvalue weighted by molar-refractivity contribution is 9.09. The maximum Gasteiger partial charge on any atom is 0.0868 e. The van der Waals surface area contributed by atoms with Crippen molar-refractivity contribution < 1.29 is 0 Å². The predicted molar refractivity (Wildman–Crippen MR) is 101 cm³/mol. The second-order valence-electron chi connectivity index (χ2n) is 5.02. The van der Waals surface area contributed by atoms with Gasteiger partial charge >= 0.3 is 0 Å². The van der Waals surface area contributed by atoms with Gasteiger partial charge in [0.25, 0.3) is 0 Å². The number of benzene rings is 1. The summed E-state index contributed by atoms with van der Waals surface area (Å²) in [6.45, 7) is 0. The molecule has 0 saturated carbocycles. The first-order valence-corrected chi connectivity index (χ1v) is 13.0. The van der Waals surface area contributed by atoms with E-state index in [9.17, 15) is 0 Å². The van der Waals surface area contributed by atoms with Gasteiger partial charge in [-0.25, -0.2) is 0 Å². The van der Waals surface area contributed by atoms with E-state index >= 15 is 0 Å². The topological polar surface area (TPSA) is 0 Å². The van der Waals surface area contributed by atoms with Gasteiger partial charge in [0.1, 0.15) is 0 Å². The Bertz CT molecular complexity index is 308. The highest BCUT2D eigenvalue weighted by Gasteiger charge is 2.32. The molecule has 0 N–H and O–H groups in total. The molecule has 0 spiro atoms. The Morgan fingerprint density at radius 2 is 1.11 bits per heavy atom. The van der Waals surface area contributed by atoms with E-state index in [-0.39, 0.29) is 0 Å². The summed E-state index contributed by atoms with van der Waals surface area (Å²) in [5.74, 6) is 0. The molecule has 0 aliphatic carbocycles. The second-order valence-corrected chi connectivity index (χ2v) is 12.0. The molecule has 1 aromatic rings. The minimum Gasteiger partial charge on any atom is -0.0928 e. The molecule has 0 saturated heterocycles. The first-order valence-electron chi connectivity index (χ1n) is 7.02. The fraction of sp³-hybridized carbons (Fsp3) is 0.600. The minimum absolute atomic E-state index is 1.14. The molecule has 0 atom stereocenters. The maximum atomic E-state index is 3.61. The summed E-state index contributed by atoms with van der Waals surface area (Å²) in [6, 6.07) is 15.6. The van der Waals surface area contributed by atoms with Crippen LogP contribution in [0.1, 0.15) is 19.3 Å². The smallest absolute Gasteiger partial charge is 0.0868 e. The molecular weight excluding hydrogens is 448 g/mol. The molecule has 1 aromatic carbocycles. The molecule has 0 radical (unpaired) electrons. The summed E-state index contributed by atoms with van der Waals surface area (Å²) in [7, 11) is -1.32. The quantitative estimate of drug-likeness (QED) is 0.304. The standard InChI is InChI=1S/C15H23Br3Si/c16-9-4-12-19(13-5-10-17,14-6-11-18)15-7-2-1-3-8-15/h1-3,7-8H,4-6,9-14H2. The molecule has 0 bridgehead atoms. The third kappa shape index (κ3) is 6.02. The SMILES string of the molecule is BrCCC[Si](CCCBr)(CCCBr)c1ccccc1. The van der Waals surface area contributed by atoms with Gasteiger partial charge in [-0.15, -0.1) is 0 Å². The fourth-order valence-corrected chi connectivity index (χ4v) is 10.3. The van der Waals surface area contributed by atoms with Crippen molar-refractivity contribution in [1.29, 1.82) is 0 Å². The lowest BCUT2D eigenvalue weighted by Gasteiger charge is -2.32. The van der Waals surface area contributed by atoms with E-state index in [1.165, 1.54) is 37.4 Å². The summed E-state index contributed by atoms with van der Waals surface area (Å²) in [6.07, 6.45) is 3.93. The molecule has 0 aliphatic rings. The van der Waals surface area contributed by atoms with Crippen molar-refractivity contribution >= 4 is 61.1 Å². The van der Waals surface area contributed by atoms with Gasteiger partial charge in [0.15, 0.2) is 0 Å². The van der Waals surface area contributed by atoms with Crippen molar-refractivity contribution in [3.8, 4) is 0 Å². The number of halogens is 3. The molecule has 1 rings (SSSR count). The van der Waals surface area contributed by atoms with Crippen molar-refractivity contribution in [1.82, 2.24) is 0 Å². The van der Waals surface area contributed by atoms with Crippen LogP contribution in [0.2, 0.25) is 18.1 Å². The van der Waals surface area contributed by atoms with Gasteiger partial charge in [-0.2, -0.15) is 0 Å². The van der Waals surface area contributed by atoms with Crippen molar-refractivity contribution in [3.63, 3.8) is 0 Å². The molecule has 0 aromatic heterocycles. The zero-order chi connectivity index (χ0) is 14.0. The van der Waals surface area contributed by atoms with Crippen molar-refractivity contribution in [3.05, 3.63) is 30.3 Å². The molecule has 108 valence electrons. The van der Waals surface area contributed by atoms with Crippen LogP contribution >= 0.6 is 47.8 Å². The predicted octanol–water partition coefficient (Wildman–Crippen LogP) is 5.70. The molecule has 19 heavy (non-hydrogen) atoms. The van der Waals surface area contributed by atoms with E-state index in [1.807, 2.05) is 0 Å². The van der Waals surface area contributed by atoms with E-state index in [0.717, 1.165) is 16.0 Å². The van der Waals surface area contributed by atoms with E-state index < -0.39 is 8.07 Å². The number of hydrogen-bond acceptors (Lipinski definition) is 0. The Balaban J connectivity index is 2.94. The molecular formula is C15H23Br3Si. The average molecular weight is 471 g/mol. The summed E-state index contributed by atoms with van der Waals surface area (Å²) in [4.78, 5) is 0. The highest BCUT2D eigenvalue weighted by atomic mass is 79.9. The monoisotopic (exact) mass is 468 g/mol. The number of hydrogen-bond donors (Lipinski definition) is 0. The lowest BCUT2D eigenvalue weighted by atomic mass is 10.4. The summed E-state index contributed by atoms with van der Waals surface area (Å²) >= 11 is 10.8. The van der Waals surface area contributed by atoms with Gasteiger partial charge in [0.05, 0.1) is 8.07 Å². The van der Waals surface area contributed by atoms with Gasteiger partial charge in [0, 0.05) is 16.0 Å². The Kier molecular flexibility index (Phi) is 9.98. The summed E-state index contributed by atoms with van der Waals surface area (Å²) in [5, 5.41) is 5.07. The third-order valence-electron chi connectivity index (χ3n) is 3.75. The van der Waals surface area contributed by atoms with E-state index in [0.29, 0.717) is 0 Å². The second kappa shape index (κ2) is 10.6. The Labute approximate surface area is 144 Å². The van der Waals surface area contributed by atoms with Crippen molar-refractivity contribution in [2.75, 3.05) is 16.0 Å². The maximum absolute atomic E-state index is 3.61. The first kappa shape index (κ1) is 17.9. The lowest BCUT2D eigenvalue weighted by molar-refractivity contribution is 0.957. The molecule has 0 nitrogen and oxygen atoms in total. The Hall–Kier alpha value is 0.877. The molecule has 0 aliphatic heterocycles. The van der Waals surface area contributed by atoms with Crippen LogP contribution in [0.5, 0.6) is 0 Å². The van der Waals surface area contributed by atoms with Crippen LogP contribution in [0.25, 0.3) is 0 Å². The molecule has 0 fully saturated rings. The number of alkyl halides is 3. The van der Waals surface area contributed by atoms with Crippen LogP contribution in [0.3, 0.4) is 0 Å². The summed E-state index contributed by atoms with van der Waals surface area (Å²) < 4.78 is 0. The molecule has 0 unspecified atom stereocenters. The van der Waals surface area contributed by atoms with Gasteiger partial charge in [-0.05, 0) is 19.3 Å². The first-order chi connectivity index (χ1) is 9.29. The largest absolute Gasteiger partial charge is 0.0928 e. The van der Waals surface area contributed by atoms with E-state index in [4.69, 9.17) is 0 Å². The number of rotatable bonds is 10. The van der Waals surface area contributed by atoms with Crippen LogP contribution in [-0.4, -0.2) is 24.1 Å².